The summed E-state index contributed by atoms with van der Waals surface area (Å²) in [5.41, 5.74) is 1.35. The fourth-order valence-electron chi connectivity index (χ4n) is 7.53. The zero-order chi connectivity index (χ0) is 18.2. The zero-order valence-electron chi connectivity index (χ0n) is 16.4. The third-order valence-corrected chi connectivity index (χ3v) is 9.46. The summed E-state index contributed by atoms with van der Waals surface area (Å²) in [6, 6.07) is 0. The fourth-order valence-corrected chi connectivity index (χ4v) is 7.53. The van der Waals surface area contributed by atoms with Gasteiger partial charge in [0.1, 0.15) is 5.78 Å². The van der Waals surface area contributed by atoms with Crippen LogP contribution in [0.3, 0.4) is 0 Å². The highest BCUT2D eigenvalue weighted by Crippen LogP contribution is 2.70. The molecule has 3 fully saturated rings. The van der Waals surface area contributed by atoms with Crippen molar-refractivity contribution in [2.75, 3.05) is 0 Å². The maximum absolute atomic E-state index is 12.7. The summed E-state index contributed by atoms with van der Waals surface area (Å²) < 4.78 is 0. The first-order valence-corrected chi connectivity index (χ1v) is 10.1. The van der Waals surface area contributed by atoms with Crippen LogP contribution in [-0.4, -0.2) is 11.6 Å². The topological polar surface area (TPSA) is 34.1 Å². The van der Waals surface area contributed by atoms with Crippen LogP contribution in [-0.2, 0) is 9.59 Å². The summed E-state index contributed by atoms with van der Waals surface area (Å²) in [6.07, 6.45) is 11.6. The van der Waals surface area contributed by atoms with Crippen LogP contribution >= 0.6 is 0 Å². The van der Waals surface area contributed by atoms with Crippen LogP contribution in [0.15, 0.2) is 23.8 Å². The van der Waals surface area contributed by atoms with Crippen molar-refractivity contribution in [3.05, 3.63) is 23.8 Å². The van der Waals surface area contributed by atoms with E-state index in [-0.39, 0.29) is 22.0 Å². The highest BCUT2D eigenvalue weighted by atomic mass is 16.1. The Bertz CT molecular complexity index is 701. The average Bonchev–Trinajstić information content (AvgIpc) is 2.77. The van der Waals surface area contributed by atoms with E-state index in [2.05, 4.69) is 33.8 Å². The molecule has 0 aromatic heterocycles. The Kier molecular flexibility index (Phi) is 3.57. The van der Waals surface area contributed by atoms with Crippen LogP contribution in [0, 0.1) is 39.9 Å². The van der Waals surface area contributed by atoms with Crippen LogP contribution in [0.5, 0.6) is 0 Å². The van der Waals surface area contributed by atoms with Crippen molar-refractivity contribution in [2.45, 2.75) is 66.7 Å². The molecule has 0 aromatic carbocycles. The van der Waals surface area contributed by atoms with Crippen LogP contribution in [0.25, 0.3) is 0 Å². The number of hydrogen-bond donors (Lipinski definition) is 0. The molecule has 0 spiro atoms. The van der Waals surface area contributed by atoms with Gasteiger partial charge in [0.25, 0.3) is 0 Å². The summed E-state index contributed by atoms with van der Waals surface area (Å²) in [5.74, 6) is 2.95. The standard InChI is InChI=1S/C23H32O2/c1-14-12-20-18-7-6-16-13-17(25)8-10-21(16,3)19(18)9-11-22(20,4)23(14,5)15(2)24/h8,10,13-14,18-20H,6-7,9,11-12H2,1-5H3/t14-,18-,19+,20-,21+,22-,23-/m1/s1. The molecule has 0 amide bonds. The van der Waals surface area contributed by atoms with Gasteiger partial charge < -0.3 is 0 Å². The molecule has 4 rings (SSSR count). The van der Waals surface area contributed by atoms with E-state index in [9.17, 15) is 9.59 Å². The minimum Gasteiger partial charge on any atom is -0.299 e. The minimum absolute atomic E-state index is 0.0522. The molecule has 0 unspecified atom stereocenters. The van der Waals surface area contributed by atoms with Gasteiger partial charge in [0.2, 0.25) is 0 Å². The molecule has 0 bridgehead atoms. The second-order valence-electron chi connectivity index (χ2n) is 9.95. The minimum atomic E-state index is -0.183. The molecule has 136 valence electrons. The van der Waals surface area contributed by atoms with Gasteiger partial charge in [0.15, 0.2) is 5.78 Å². The molecule has 25 heavy (non-hydrogen) atoms. The van der Waals surface area contributed by atoms with E-state index in [1.54, 1.807) is 6.08 Å². The van der Waals surface area contributed by atoms with Crippen LogP contribution in [0.1, 0.15) is 66.7 Å². The first-order valence-electron chi connectivity index (χ1n) is 10.1. The first-order chi connectivity index (χ1) is 11.6. The van der Waals surface area contributed by atoms with Crippen molar-refractivity contribution in [2.24, 2.45) is 39.9 Å². The molecule has 0 N–H and O–H groups in total. The number of carbonyl (C=O) groups is 2. The Labute approximate surface area is 152 Å². The van der Waals surface area contributed by atoms with E-state index >= 15 is 0 Å². The number of Topliss-reactive ketones (excluding diaryl/α,β-unsaturated/α-hetero) is 1. The van der Waals surface area contributed by atoms with Gasteiger partial charge in [-0.25, -0.2) is 0 Å². The number of carbonyl (C=O) groups excluding carboxylic acids is 2. The maximum atomic E-state index is 12.7. The second-order valence-corrected chi connectivity index (χ2v) is 9.95. The van der Waals surface area contributed by atoms with E-state index in [1.165, 1.54) is 24.8 Å². The highest BCUT2D eigenvalue weighted by Gasteiger charge is 2.66. The largest absolute Gasteiger partial charge is 0.299 e. The molecule has 2 nitrogen and oxygen atoms in total. The molecule has 0 radical (unpaired) electrons. The third kappa shape index (κ3) is 1.97. The van der Waals surface area contributed by atoms with E-state index in [0.29, 0.717) is 29.5 Å². The number of fused-ring (bicyclic) bond motifs is 5. The van der Waals surface area contributed by atoms with Crippen LogP contribution < -0.4 is 0 Å². The lowest BCUT2D eigenvalue weighted by molar-refractivity contribution is -0.140. The Morgan fingerprint density at radius 3 is 2.56 bits per heavy atom. The molecule has 0 heterocycles. The summed E-state index contributed by atoms with van der Waals surface area (Å²) in [5, 5.41) is 0. The lowest BCUT2D eigenvalue weighted by Crippen LogP contribution is -2.53. The van der Waals surface area contributed by atoms with Gasteiger partial charge in [-0.05, 0) is 80.3 Å². The molecular weight excluding hydrogens is 308 g/mol. The monoisotopic (exact) mass is 340 g/mol. The van der Waals surface area contributed by atoms with Gasteiger partial charge in [-0.3, -0.25) is 9.59 Å². The van der Waals surface area contributed by atoms with Gasteiger partial charge in [-0.2, -0.15) is 0 Å². The summed E-state index contributed by atoms with van der Waals surface area (Å²) in [6.45, 7) is 11.1. The lowest BCUT2D eigenvalue weighted by atomic mass is 9.45. The van der Waals surface area contributed by atoms with Crippen molar-refractivity contribution in [3.63, 3.8) is 0 Å². The molecule has 3 saturated carbocycles. The van der Waals surface area contributed by atoms with E-state index in [0.717, 1.165) is 12.8 Å². The van der Waals surface area contributed by atoms with Gasteiger partial charge >= 0.3 is 0 Å². The molecule has 4 aliphatic rings. The fraction of sp³-hybridized carbons (Fsp3) is 0.739. The first kappa shape index (κ1) is 17.2. The SMILES string of the molecule is CC(=O)[C@@]1(C)[C@H](C)C[C@@H]2[C@@H]3CCC4=CC(=O)C=C[C@]4(C)[C@H]3CC[C@]21C. The Morgan fingerprint density at radius 2 is 1.88 bits per heavy atom. The maximum Gasteiger partial charge on any atom is 0.178 e. The van der Waals surface area contributed by atoms with Crippen molar-refractivity contribution < 1.29 is 9.59 Å². The quantitative estimate of drug-likeness (QED) is 0.662. The molecule has 7 atom stereocenters. The van der Waals surface area contributed by atoms with E-state index < -0.39 is 0 Å². The van der Waals surface area contributed by atoms with Crippen molar-refractivity contribution in [1.82, 2.24) is 0 Å². The van der Waals surface area contributed by atoms with Gasteiger partial charge in [0.05, 0.1) is 0 Å². The molecule has 4 aliphatic carbocycles. The number of allylic oxidation sites excluding steroid dienone is 4. The lowest BCUT2D eigenvalue weighted by Gasteiger charge is -2.58. The Morgan fingerprint density at radius 1 is 1.16 bits per heavy atom. The molecule has 0 saturated heterocycles. The van der Waals surface area contributed by atoms with E-state index in [1.807, 2.05) is 13.0 Å². The number of hydrogen-bond acceptors (Lipinski definition) is 2. The number of rotatable bonds is 1. The van der Waals surface area contributed by atoms with Crippen molar-refractivity contribution in [1.29, 1.82) is 0 Å². The molecule has 2 heteroatoms. The highest BCUT2D eigenvalue weighted by molar-refractivity contribution is 6.01. The average molecular weight is 341 g/mol. The smallest absolute Gasteiger partial charge is 0.178 e. The summed E-state index contributed by atoms with van der Waals surface area (Å²) in [7, 11) is 0. The van der Waals surface area contributed by atoms with Crippen LogP contribution in [0.2, 0.25) is 0 Å². The second kappa shape index (κ2) is 5.18. The van der Waals surface area contributed by atoms with Gasteiger partial charge in [-0.15, -0.1) is 0 Å². The summed E-state index contributed by atoms with van der Waals surface area (Å²) >= 11 is 0. The molecule has 0 aliphatic heterocycles. The van der Waals surface area contributed by atoms with Gasteiger partial charge in [0, 0.05) is 10.8 Å². The predicted molar refractivity (Wildman–Crippen MR) is 100.0 cm³/mol. The predicted octanol–water partition coefficient (Wildman–Crippen LogP) is 5.14. The summed E-state index contributed by atoms with van der Waals surface area (Å²) in [4.78, 5) is 24.5. The zero-order valence-corrected chi connectivity index (χ0v) is 16.4. The Hall–Kier alpha value is -1.18. The normalized spacial score (nSPS) is 51.4. The van der Waals surface area contributed by atoms with Crippen LogP contribution in [0.4, 0.5) is 0 Å². The van der Waals surface area contributed by atoms with Crippen molar-refractivity contribution in [3.8, 4) is 0 Å². The molecule has 0 aromatic rings. The van der Waals surface area contributed by atoms with E-state index in [4.69, 9.17) is 0 Å². The third-order valence-electron chi connectivity index (χ3n) is 9.46. The van der Waals surface area contributed by atoms with Gasteiger partial charge in [-0.1, -0.05) is 39.3 Å². The Balaban J connectivity index is 1.74. The molecular formula is C23H32O2. The number of ketones is 2. The van der Waals surface area contributed by atoms with Crippen molar-refractivity contribution >= 4 is 11.6 Å².